The first kappa shape index (κ1) is 14.0. The molecule has 0 aromatic rings. The maximum absolute atomic E-state index is 11.4. The predicted octanol–water partition coefficient (Wildman–Crippen LogP) is 3.40. The highest BCUT2D eigenvalue weighted by molar-refractivity contribution is 9.09. The molecule has 0 aromatic carbocycles. The van der Waals surface area contributed by atoms with Gasteiger partial charge in [0.25, 0.3) is 0 Å². The summed E-state index contributed by atoms with van der Waals surface area (Å²) in [5, 5.41) is 1.05. The Morgan fingerprint density at radius 3 is 2.75 bits per heavy atom. The lowest BCUT2D eigenvalue weighted by molar-refractivity contribution is -0.186. The van der Waals surface area contributed by atoms with Crippen molar-refractivity contribution in [3.8, 4) is 0 Å². The van der Waals surface area contributed by atoms with E-state index in [1.165, 1.54) is 12.8 Å². The molecule has 94 valence electrons. The van der Waals surface area contributed by atoms with E-state index in [1.807, 2.05) is 0 Å². The molecule has 4 heteroatoms. The normalized spacial score (nSPS) is 20.7. The summed E-state index contributed by atoms with van der Waals surface area (Å²) in [6.45, 7) is 0.725. The Bertz CT molecular complexity index is 191. The number of carbonyl (C=O) groups excluding carboxylic acids is 1. The van der Waals surface area contributed by atoms with Crippen molar-refractivity contribution in [2.45, 2.75) is 57.7 Å². The molecule has 1 aliphatic rings. The molecule has 3 nitrogen and oxygen atoms in total. The van der Waals surface area contributed by atoms with Crippen LogP contribution in [-0.2, 0) is 14.3 Å². The van der Waals surface area contributed by atoms with Gasteiger partial charge in [0.2, 0.25) is 6.29 Å². The average molecular weight is 293 g/mol. The van der Waals surface area contributed by atoms with Crippen LogP contribution in [0.5, 0.6) is 0 Å². The summed E-state index contributed by atoms with van der Waals surface area (Å²) in [6.07, 6.45) is 7.69. The molecule has 1 aliphatic heterocycles. The quantitative estimate of drug-likeness (QED) is 0.410. The van der Waals surface area contributed by atoms with Gasteiger partial charge in [-0.1, -0.05) is 28.8 Å². The van der Waals surface area contributed by atoms with Gasteiger partial charge in [-0.15, -0.1) is 0 Å². The van der Waals surface area contributed by atoms with Crippen molar-refractivity contribution in [2.24, 2.45) is 0 Å². The maximum atomic E-state index is 11.4. The fourth-order valence-corrected chi connectivity index (χ4v) is 2.12. The zero-order chi connectivity index (χ0) is 11.6. The lowest BCUT2D eigenvalue weighted by atomic mass is 10.1. The third kappa shape index (κ3) is 6.48. The van der Waals surface area contributed by atoms with E-state index in [4.69, 9.17) is 9.47 Å². The topological polar surface area (TPSA) is 35.5 Å². The second kappa shape index (κ2) is 8.99. The molecule has 0 aromatic heterocycles. The van der Waals surface area contributed by atoms with E-state index in [2.05, 4.69) is 15.9 Å². The van der Waals surface area contributed by atoms with Crippen molar-refractivity contribution in [1.29, 1.82) is 0 Å². The molecule has 0 spiro atoms. The molecule has 1 heterocycles. The highest BCUT2D eigenvalue weighted by Crippen LogP contribution is 2.15. The van der Waals surface area contributed by atoms with Gasteiger partial charge in [-0.25, -0.2) is 0 Å². The lowest BCUT2D eigenvalue weighted by Crippen LogP contribution is -2.25. The number of halogens is 1. The van der Waals surface area contributed by atoms with Crippen molar-refractivity contribution in [2.75, 3.05) is 11.9 Å². The third-order valence-corrected chi connectivity index (χ3v) is 3.23. The fraction of sp³-hybridized carbons (Fsp3) is 0.917. The van der Waals surface area contributed by atoms with E-state index in [-0.39, 0.29) is 12.3 Å². The monoisotopic (exact) mass is 292 g/mol. The van der Waals surface area contributed by atoms with Gasteiger partial charge in [-0.2, -0.15) is 0 Å². The molecule has 1 rings (SSSR count). The van der Waals surface area contributed by atoms with Crippen LogP contribution in [0.3, 0.4) is 0 Å². The summed E-state index contributed by atoms with van der Waals surface area (Å²) in [5.41, 5.74) is 0. The lowest BCUT2D eigenvalue weighted by Gasteiger charge is -2.22. The highest BCUT2D eigenvalue weighted by Gasteiger charge is 2.17. The molecule has 0 amide bonds. The molecule has 1 unspecified atom stereocenters. The minimum atomic E-state index is -0.274. The largest absolute Gasteiger partial charge is 0.436 e. The van der Waals surface area contributed by atoms with Crippen molar-refractivity contribution in [3.05, 3.63) is 0 Å². The van der Waals surface area contributed by atoms with E-state index in [9.17, 15) is 4.79 Å². The Labute approximate surface area is 106 Å². The van der Waals surface area contributed by atoms with Crippen LogP contribution in [0.4, 0.5) is 0 Å². The van der Waals surface area contributed by atoms with E-state index >= 15 is 0 Å². The SMILES string of the molecule is O=C(CCCCCCBr)OC1CCCCO1. The van der Waals surface area contributed by atoms with Gasteiger partial charge in [0.15, 0.2) is 0 Å². The van der Waals surface area contributed by atoms with Gasteiger partial charge in [0, 0.05) is 18.2 Å². The predicted molar refractivity (Wildman–Crippen MR) is 66.6 cm³/mol. The first-order chi connectivity index (χ1) is 7.83. The Balaban J connectivity index is 1.97. The van der Waals surface area contributed by atoms with Crippen LogP contribution >= 0.6 is 15.9 Å². The van der Waals surface area contributed by atoms with Gasteiger partial charge < -0.3 is 9.47 Å². The number of ether oxygens (including phenoxy) is 2. The zero-order valence-electron chi connectivity index (χ0n) is 9.75. The van der Waals surface area contributed by atoms with Crippen molar-refractivity contribution < 1.29 is 14.3 Å². The summed E-state index contributed by atoms with van der Waals surface area (Å²) < 4.78 is 10.6. The first-order valence-electron chi connectivity index (χ1n) is 6.20. The number of hydrogen-bond donors (Lipinski definition) is 0. The standard InChI is InChI=1S/C12H21BrO3/c13-9-5-2-1-3-7-11(14)16-12-8-4-6-10-15-12/h12H,1-10H2. The van der Waals surface area contributed by atoms with Gasteiger partial charge in [0.05, 0.1) is 6.61 Å². The molecule has 16 heavy (non-hydrogen) atoms. The number of esters is 1. The van der Waals surface area contributed by atoms with Crippen molar-refractivity contribution in [1.82, 2.24) is 0 Å². The number of rotatable bonds is 7. The Kier molecular flexibility index (Phi) is 7.85. The van der Waals surface area contributed by atoms with Gasteiger partial charge in [-0.05, 0) is 25.7 Å². The second-order valence-corrected chi connectivity index (χ2v) is 4.93. The Morgan fingerprint density at radius 1 is 1.25 bits per heavy atom. The zero-order valence-corrected chi connectivity index (χ0v) is 11.3. The van der Waals surface area contributed by atoms with Crippen LogP contribution in [0, 0.1) is 0 Å². The summed E-state index contributed by atoms with van der Waals surface area (Å²) >= 11 is 3.39. The number of carbonyl (C=O) groups is 1. The second-order valence-electron chi connectivity index (χ2n) is 4.14. The molecule has 0 bridgehead atoms. The van der Waals surface area contributed by atoms with Crippen molar-refractivity contribution >= 4 is 21.9 Å². The summed E-state index contributed by atoms with van der Waals surface area (Å²) in [5.74, 6) is -0.106. The molecule has 1 saturated heterocycles. The molecule has 0 saturated carbocycles. The smallest absolute Gasteiger partial charge is 0.308 e. The average Bonchev–Trinajstić information content (AvgIpc) is 2.30. The van der Waals surface area contributed by atoms with Crippen LogP contribution in [0.2, 0.25) is 0 Å². The van der Waals surface area contributed by atoms with Gasteiger partial charge in [0.1, 0.15) is 0 Å². The van der Waals surface area contributed by atoms with Crippen LogP contribution < -0.4 is 0 Å². The minimum Gasteiger partial charge on any atom is -0.436 e. The first-order valence-corrected chi connectivity index (χ1v) is 7.32. The van der Waals surface area contributed by atoms with Crippen LogP contribution in [0.25, 0.3) is 0 Å². The number of alkyl halides is 1. The van der Waals surface area contributed by atoms with Crippen molar-refractivity contribution in [3.63, 3.8) is 0 Å². The van der Waals surface area contributed by atoms with E-state index < -0.39 is 0 Å². The minimum absolute atomic E-state index is 0.106. The highest BCUT2D eigenvalue weighted by atomic mass is 79.9. The van der Waals surface area contributed by atoms with Gasteiger partial charge in [-0.3, -0.25) is 4.79 Å². The fourth-order valence-electron chi connectivity index (χ4n) is 1.73. The summed E-state index contributed by atoms with van der Waals surface area (Å²) in [6, 6.07) is 0. The molecule has 1 atom stereocenters. The molecule has 1 fully saturated rings. The van der Waals surface area contributed by atoms with E-state index in [0.717, 1.165) is 44.0 Å². The molecular formula is C12H21BrO3. The van der Waals surface area contributed by atoms with Crippen LogP contribution in [-0.4, -0.2) is 24.2 Å². The number of hydrogen-bond acceptors (Lipinski definition) is 3. The molecule has 0 N–H and O–H groups in total. The number of unbranched alkanes of at least 4 members (excludes halogenated alkanes) is 3. The van der Waals surface area contributed by atoms with Crippen LogP contribution in [0.1, 0.15) is 51.4 Å². The maximum Gasteiger partial charge on any atom is 0.308 e. The summed E-state index contributed by atoms with van der Waals surface area (Å²) in [4.78, 5) is 11.4. The molecule has 0 aliphatic carbocycles. The van der Waals surface area contributed by atoms with Crippen LogP contribution in [0.15, 0.2) is 0 Å². The van der Waals surface area contributed by atoms with E-state index in [1.54, 1.807) is 0 Å². The molecule has 0 radical (unpaired) electrons. The Hall–Kier alpha value is -0.0900. The molecular weight excluding hydrogens is 272 g/mol. The van der Waals surface area contributed by atoms with Gasteiger partial charge >= 0.3 is 5.97 Å². The van der Waals surface area contributed by atoms with E-state index in [0.29, 0.717) is 6.42 Å². The third-order valence-electron chi connectivity index (χ3n) is 2.67. The Morgan fingerprint density at radius 2 is 2.06 bits per heavy atom. The summed E-state index contributed by atoms with van der Waals surface area (Å²) in [7, 11) is 0.